The minimum Gasteiger partial charge on any atom is -0.496 e. The predicted molar refractivity (Wildman–Crippen MR) is 154 cm³/mol. The molecule has 0 aromatic heterocycles. The molecule has 1 aliphatic rings. The molecule has 0 saturated carbocycles. The van der Waals surface area contributed by atoms with Gasteiger partial charge in [0.2, 0.25) is 0 Å². The smallest absolute Gasteiger partial charge is 0.411 e. The molecule has 0 bridgehead atoms. The van der Waals surface area contributed by atoms with Crippen molar-refractivity contribution >= 4 is 12.1 Å². The summed E-state index contributed by atoms with van der Waals surface area (Å²) in [6, 6.07) is 27.9. The average molecular weight is 554 g/mol. The van der Waals surface area contributed by atoms with E-state index < -0.39 is 5.97 Å². The molecule has 1 saturated heterocycles. The van der Waals surface area contributed by atoms with E-state index in [9.17, 15) is 9.59 Å². The van der Waals surface area contributed by atoms with E-state index in [1.54, 1.807) is 30.2 Å². The number of carbonyl (C=O) groups excluding carboxylic acids is 1. The first-order chi connectivity index (χ1) is 19.9. The molecule has 4 aromatic carbocycles. The molecule has 41 heavy (non-hydrogen) atoms. The molecule has 210 valence electrons. The largest absolute Gasteiger partial charge is 0.496 e. The van der Waals surface area contributed by atoms with Gasteiger partial charge in [0.25, 0.3) is 0 Å². The maximum atomic E-state index is 13.0. The molecule has 1 aliphatic heterocycles. The molecule has 8 heteroatoms. The van der Waals surface area contributed by atoms with Crippen molar-refractivity contribution in [1.29, 1.82) is 0 Å². The van der Waals surface area contributed by atoms with Crippen LogP contribution in [0.4, 0.5) is 4.79 Å². The van der Waals surface area contributed by atoms with E-state index in [1.165, 1.54) is 7.11 Å². The van der Waals surface area contributed by atoms with E-state index in [0.717, 1.165) is 22.3 Å². The summed E-state index contributed by atoms with van der Waals surface area (Å²) >= 11 is 0. The van der Waals surface area contributed by atoms with Crippen molar-refractivity contribution in [3.8, 4) is 34.1 Å². The Morgan fingerprint density at radius 2 is 1.61 bits per heavy atom. The van der Waals surface area contributed by atoms with Gasteiger partial charge in [-0.15, -0.1) is 0 Å². The summed E-state index contributed by atoms with van der Waals surface area (Å²) in [4.78, 5) is 25.9. The molecule has 1 N–H and O–H groups in total. The third-order valence-corrected chi connectivity index (χ3v) is 7.18. The number of aliphatic carboxylic acids is 1. The van der Waals surface area contributed by atoms with Gasteiger partial charge in [0.05, 0.1) is 33.2 Å². The second kappa shape index (κ2) is 12.0. The zero-order valence-electron chi connectivity index (χ0n) is 23.1. The molecule has 2 atom stereocenters. The number of hydrogen-bond donors (Lipinski definition) is 1. The van der Waals surface area contributed by atoms with E-state index in [1.807, 2.05) is 79.7 Å². The lowest BCUT2D eigenvalue weighted by molar-refractivity contribution is -0.136. The lowest BCUT2D eigenvalue weighted by Gasteiger charge is -2.24. The molecule has 0 aliphatic carbocycles. The molecule has 5 rings (SSSR count). The normalized spacial score (nSPS) is 16.3. The van der Waals surface area contributed by atoms with E-state index in [4.69, 9.17) is 24.1 Å². The number of carboxylic acid groups (broad SMARTS) is 1. The summed E-state index contributed by atoms with van der Waals surface area (Å²) < 4.78 is 22.9. The number of methoxy groups -OCH3 is 2. The van der Waals surface area contributed by atoms with Crippen molar-refractivity contribution in [2.45, 2.75) is 32.0 Å². The van der Waals surface area contributed by atoms with Crippen LogP contribution in [0.25, 0.3) is 11.1 Å². The van der Waals surface area contributed by atoms with Crippen LogP contribution in [0.1, 0.15) is 29.7 Å². The number of carboxylic acids is 1. The fourth-order valence-corrected chi connectivity index (χ4v) is 5.08. The fourth-order valence-electron chi connectivity index (χ4n) is 5.08. The SMILES string of the molecule is COc1ccc(CC(=O)O)cc1Oc1ccc(-c2cccc(OC)c2CN2C(=O)O[C@H](c3ccccc3)[C@@H]2C)cc1. The number of cyclic esters (lactones) is 1. The predicted octanol–water partition coefficient (Wildman–Crippen LogP) is 6.87. The number of carbonyl (C=O) groups is 2. The molecule has 0 radical (unpaired) electrons. The van der Waals surface area contributed by atoms with E-state index in [0.29, 0.717) is 35.1 Å². The van der Waals surface area contributed by atoms with Gasteiger partial charge in [0.1, 0.15) is 17.6 Å². The summed E-state index contributed by atoms with van der Waals surface area (Å²) in [6.07, 6.45) is -0.844. The number of nitrogens with zero attached hydrogens (tertiary/aromatic N) is 1. The Labute approximate surface area is 238 Å². The quantitative estimate of drug-likeness (QED) is 0.229. The maximum absolute atomic E-state index is 13.0. The first kappa shape index (κ1) is 27.6. The highest BCUT2D eigenvalue weighted by atomic mass is 16.6. The van der Waals surface area contributed by atoms with Crippen molar-refractivity contribution in [3.05, 3.63) is 108 Å². The first-order valence-electron chi connectivity index (χ1n) is 13.2. The van der Waals surface area contributed by atoms with Gasteiger partial charge >= 0.3 is 12.1 Å². The van der Waals surface area contributed by atoms with Crippen LogP contribution in [-0.4, -0.2) is 42.3 Å². The third-order valence-electron chi connectivity index (χ3n) is 7.18. The number of ether oxygens (including phenoxy) is 4. The second-order valence-corrected chi connectivity index (χ2v) is 9.75. The minimum absolute atomic E-state index is 0.118. The molecular weight excluding hydrogens is 522 g/mol. The van der Waals surface area contributed by atoms with Crippen LogP contribution in [-0.2, 0) is 22.5 Å². The van der Waals surface area contributed by atoms with Crippen molar-refractivity contribution in [2.75, 3.05) is 14.2 Å². The molecule has 8 nitrogen and oxygen atoms in total. The van der Waals surface area contributed by atoms with Gasteiger partial charge in [-0.25, -0.2) is 4.79 Å². The van der Waals surface area contributed by atoms with Crippen LogP contribution in [0.2, 0.25) is 0 Å². The Hall–Kier alpha value is -4.98. The highest BCUT2D eigenvalue weighted by Crippen LogP contribution is 2.39. The minimum atomic E-state index is -0.924. The highest BCUT2D eigenvalue weighted by molar-refractivity contribution is 5.74. The average Bonchev–Trinajstić information content (AvgIpc) is 3.26. The third kappa shape index (κ3) is 5.96. The van der Waals surface area contributed by atoms with Crippen molar-refractivity contribution < 1.29 is 33.6 Å². The lowest BCUT2D eigenvalue weighted by Crippen LogP contribution is -2.31. The number of hydrogen-bond acceptors (Lipinski definition) is 6. The van der Waals surface area contributed by atoms with Crippen LogP contribution in [0.3, 0.4) is 0 Å². The number of benzene rings is 4. The first-order valence-corrected chi connectivity index (χ1v) is 13.2. The highest BCUT2D eigenvalue weighted by Gasteiger charge is 2.40. The summed E-state index contributed by atoms with van der Waals surface area (Å²) in [5, 5.41) is 9.15. The van der Waals surface area contributed by atoms with Crippen LogP contribution >= 0.6 is 0 Å². The molecule has 0 unspecified atom stereocenters. The van der Waals surface area contributed by atoms with E-state index >= 15 is 0 Å². The van der Waals surface area contributed by atoms with Crippen LogP contribution < -0.4 is 14.2 Å². The summed E-state index contributed by atoms with van der Waals surface area (Å²) in [6.45, 7) is 2.30. The van der Waals surface area contributed by atoms with Gasteiger partial charge in [-0.1, -0.05) is 60.7 Å². The van der Waals surface area contributed by atoms with E-state index in [2.05, 4.69) is 0 Å². The second-order valence-electron chi connectivity index (χ2n) is 9.75. The van der Waals surface area contributed by atoms with Gasteiger partial charge in [0.15, 0.2) is 11.5 Å². The summed E-state index contributed by atoms with van der Waals surface area (Å²) in [5.41, 5.74) is 4.26. The molecule has 4 aromatic rings. The Balaban J connectivity index is 1.40. The van der Waals surface area contributed by atoms with Gasteiger partial charge in [-0.05, 0) is 59.5 Å². The number of amides is 1. The molecule has 0 spiro atoms. The van der Waals surface area contributed by atoms with Crippen molar-refractivity contribution in [2.24, 2.45) is 0 Å². The molecular formula is C33H31NO7. The Bertz CT molecular complexity index is 1540. The van der Waals surface area contributed by atoms with Gasteiger partial charge in [0, 0.05) is 5.56 Å². The summed E-state index contributed by atoms with van der Waals surface area (Å²) in [7, 11) is 3.15. The van der Waals surface area contributed by atoms with Crippen LogP contribution in [0, 0.1) is 0 Å². The van der Waals surface area contributed by atoms with E-state index in [-0.39, 0.29) is 24.7 Å². The standard InChI is InChI=1S/C33H31NO7/c1-21-32(24-8-5-4-6-9-24)41-33(37)34(21)20-27-26(10-7-11-28(27)38-2)23-13-15-25(16-14-23)40-30-18-22(19-31(35)36)12-17-29(30)39-3/h4-18,21,32H,19-20H2,1-3H3,(H,35,36)/t21-,32-/m0/s1. The lowest BCUT2D eigenvalue weighted by atomic mass is 9.97. The molecule has 1 fully saturated rings. The Morgan fingerprint density at radius 1 is 0.878 bits per heavy atom. The Morgan fingerprint density at radius 3 is 2.29 bits per heavy atom. The number of rotatable bonds is 10. The Kier molecular flexibility index (Phi) is 8.10. The van der Waals surface area contributed by atoms with Crippen LogP contribution in [0.5, 0.6) is 23.0 Å². The molecule has 1 amide bonds. The van der Waals surface area contributed by atoms with Gasteiger partial charge < -0.3 is 24.1 Å². The van der Waals surface area contributed by atoms with Gasteiger partial charge in [-0.3, -0.25) is 9.69 Å². The monoisotopic (exact) mass is 553 g/mol. The van der Waals surface area contributed by atoms with Gasteiger partial charge in [-0.2, -0.15) is 0 Å². The van der Waals surface area contributed by atoms with Crippen LogP contribution in [0.15, 0.2) is 91.0 Å². The zero-order valence-corrected chi connectivity index (χ0v) is 23.1. The summed E-state index contributed by atoms with van der Waals surface area (Å²) in [5.74, 6) is 1.23. The fraction of sp³-hybridized carbons (Fsp3) is 0.212. The van der Waals surface area contributed by atoms with Crippen molar-refractivity contribution in [3.63, 3.8) is 0 Å². The maximum Gasteiger partial charge on any atom is 0.411 e. The molecule has 1 heterocycles. The van der Waals surface area contributed by atoms with Crippen molar-refractivity contribution in [1.82, 2.24) is 4.90 Å². The zero-order chi connectivity index (χ0) is 28.9. The topological polar surface area (TPSA) is 94.5 Å².